The summed E-state index contributed by atoms with van der Waals surface area (Å²) < 4.78 is 23.2. The molecule has 1 fully saturated rings. The van der Waals surface area contributed by atoms with Gasteiger partial charge < -0.3 is 10.1 Å². The Morgan fingerprint density at radius 2 is 1.75 bits per heavy atom. The molecule has 0 bridgehead atoms. The minimum Gasteiger partial charge on any atom is -0.304 e. The minimum atomic E-state index is -3.63. The lowest BCUT2D eigenvalue weighted by molar-refractivity contribution is 0.193. The average molecular weight is 195 g/mol. The molecule has 0 aromatic heterocycles. The highest BCUT2D eigenvalue weighted by atomic mass is 32.2. The molecular formula is C5H13N3O3S. The van der Waals surface area contributed by atoms with Crippen molar-refractivity contribution >= 4 is 10.2 Å². The third kappa shape index (κ3) is 2.14. The Balaban J connectivity index is 2.56. The Kier molecular flexibility index (Phi) is 3.02. The highest BCUT2D eigenvalue weighted by Crippen LogP contribution is 2.02. The number of piperazine rings is 1. The predicted molar refractivity (Wildman–Crippen MR) is 42.9 cm³/mol. The van der Waals surface area contributed by atoms with Crippen molar-refractivity contribution in [2.24, 2.45) is 0 Å². The van der Waals surface area contributed by atoms with Crippen molar-refractivity contribution < 1.29 is 13.6 Å². The molecule has 1 heterocycles. The van der Waals surface area contributed by atoms with E-state index in [4.69, 9.17) is 5.21 Å². The van der Waals surface area contributed by atoms with Gasteiger partial charge >= 0.3 is 10.2 Å². The van der Waals surface area contributed by atoms with Gasteiger partial charge in [-0.1, -0.05) is 4.89 Å². The van der Waals surface area contributed by atoms with Crippen LogP contribution in [0.15, 0.2) is 0 Å². The molecule has 2 N–H and O–H groups in total. The van der Waals surface area contributed by atoms with Crippen LogP contribution >= 0.6 is 0 Å². The zero-order valence-electron chi connectivity index (χ0n) is 6.89. The molecular weight excluding hydrogens is 182 g/mol. The zero-order valence-corrected chi connectivity index (χ0v) is 7.71. The summed E-state index contributed by atoms with van der Waals surface area (Å²) in [6.45, 7) is 2.24. The maximum atomic E-state index is 11.0. The second kappa shape index (κ2) is 3.67. The number of nitrogens with zero attached hydrogens (tertiary/aromatic N) is 2. The monoisotopic (exact) mass is 195 g/mol. The van der Waals surface area contributed by atoms with Gasteiger partial charge in [0.15, 0.2) is 0 Å². The van der Waals surface area contributed by atoms with E-state index in [0.29, 0.717) is 26.2 Å². The Morgan fingerprint density at radius 3 is 2.17 bits per heavy atom. The van der Waals surface area contributed by atoms with Crippen LogP contribution in [0.3, 0.4) is 0 Å². The molecule has 7 heteroatoms. The van der Waals surface area contributed by atoms with Crippen LogP contribution in [0.25, 0.3) is 0 Å². The predicted octanol–water partition coefficient (Wildman–Crippen LogP) is -1.54. The standard InChI is InChI=1S/C5H13N3O3S/c1-7-2-4-8(5-3-7)12(10,11)6-9/h6,9H,2-5H2,1H3. The van der Waals surface area contributed by atoms with Gasteiger partial charge in [0.2, 0.25) is 0 Å². The molecule has 6 nitrogen and oxygen atoms in total. The van der Waals surface area contributed by atoms with Crippen molar-refractivity contribution in [3.05, 3.63) is 0 Å². The smallest absolute Gasteiger partial charge is 0.301 e. The van der Waals surface area contributed by atoms with Crippen LogP contribution in [0, 0.1) is 0 Å². The first-order valence-electron chi connectivity index (χ1n) is 3.66. The Morgan fingerprint density at radius 1 is 1.25 bits per heavy atom. The van der Waals surface area contributed by atoms with Crippen LogP contribution < -0.4 is 4.89 Å². The van der Waals surface area contributed by atoms with E-state index in [-0.39, 0.29) is 0 Å². The molecule has 0 spiro atoms. The number of likely N-dealkylation sites (N-methyl/N-ethyl adjacent to an activating group) is 1. The first-order chi connectivity index (χ1) is 5.56. The summed E-state index contributed by atoms with van der Waals surface area (Å²) in [5, 5.41) is 8.32. The van der Waals surface area contributed by atoms with E-state index in [9.17, 15) is 8.42 Å². The molecule has 0 aromatic carbocycles. The molecule has 1 rings (SSSR count). The van der Waals surface area contributed by atoms with Crippen LogP contribution in [0.1, 0.15) is 0 Å². The summed E-state index contributed by atoms with van der Waals surface area (Å²) in [7, 11) is -1.71. The first-order valence-corrected chi connectivity index (χ1v) is 5.10. The fourth-order valence-corrected chi connectivity index (χ4v) is 1.85. The van der Waals surface area contributed by atoms with Gasteiger partial charge in [-0.15, -0.1) is 0 Å². The maximum Gasteiger partial charge on any atom is 0.301 e. The van der Waals surface area contributed by atoms with Gasteiger partial charge in [-0.3, -0.25) is 0 Å². The summed E-state index contributed by atoms with van der Waals surface area (Å²) in [5.41, 5.74) is 0. The van der Waals surface area contributed by atoms with E-state index in [1.165, 1.54) is 9.19 Å². The lowest BCUT2D eigenvalue weighted by Gasteiger charge is -2.30. The van der Waals surface area contributed by atoms with Gasteiger partial charge in [-0.05, 0) is 7.05 Å². The van der Waals surface area contributed by atoms with Crippen molar-refractivity contribution in [1.29, 1.82) is 0 Å². The summed E-state index contributed by atoms with van der Waals surface area (Å²) in [6, 6.07) is 0. The van der Waals surface area contributed by atoms with Crippen molar-refractivity contribution in [3.63, 3.8) is 0 Å². The van der Waals surface area contributed by atoms with Crippen LogP contribution in [-0.2, 0) is 10.2 Å². The molecule has 1 saturated heterocycles. The fourth-order valence-electron chi connectivity index (χ4n) is 1.09. The van der Waals surface area contributed by atoms with Crippen LogP contribution in [-0.4, -0.2) is 56.1 Å². The molecule has 1 aliphatic heterocycles. The van der Waals surface area contributed by atoms with E-state index in [2.05, 4.69) is 0 Å². The van der Waals surface area contributed by atoms with Gasteiger partial charge in [-0.25, -0.2) is 0 Å². The van der Waals surface area contributed by atoms with Gasteiger partial charge in [0, 0.05) is 26.2 Å². The van der Waals surface area contributed by atoms with E-state index in [1.807, 2.05) is 11.9 Å². The third-order valence-electron chi connectivity index (χ3n) is 1.92. The largest absolute Gasteiger partial charge is 0.304 e. The summed E-state index contributed by atoms with van der Waals surface area (Å²) in [5.74, 6) is 0. The zero-order chi connectivity index (χ0) is 9.19. The lowest BCUT2D eigenvalue weighted by atomic mass is 10.4. The number of hydrogen-bond donors (Lipinski definition) is 2. The van der Waals surface area contributed by atoms with Crippen LogP contribution in [0.5, 0.6) is 0 Å². The number of rotatable bonds is 2. The molecule has 0 amide bonds. The summed E-state index contributed by atoms with van der Waals surface area (Å²) in [6.07, 6.45) is 0. The van der Waals surface area contributed by atoms with E-state index >= 15 is 0 Å². The topological polar surface area (TPSA) is 72.9 Å². The molecule has 0 aromatic rings. The average Bonchev–Trinajstić information content (AvgIpc) is 2.05. The Bertz CT molecular complexity index is 232. The molecule has 0 saturated carbocycles. The molecule has 0 atom stereocenters. The first kappa shape index (κ1) is 9.87. The molecule has 1 aliphatic rings. The highest BCUT2D eigenvalue weighted by Gasteiger charge is 2.24. The van der Waals surface area contributed by atoms with E-state index < -0.39 is 10.2 Å². The Hall–Kier alpha value is -0.210. The minimum absolute atomic E-state index is 0.423. The SMILES string of the molecule is CN1CCN(S(=O)(=O)NO)CC1. The lowest BCUT2D eigenvalue weighted by Crippen LogP contribution is -2.50. The molecule has 12 heavy (non-hydrogen) atoms. The van der Waals surface area contributed by atoms with Crippen molar-refractivity contribution in [3.8, 4) is 0 Å². The van der Waals surface area contributed by atoms with Crippen LogP contribution in [0.4, 0.5) is 0 Å². The second-order valence-corrected chi connectivity index (χ2v) is 4.45. The fraction of sp³-hybridized carbons (Fsp3) is 1.00. The second-order valence-electron chi connectivity index (χ2n) is 2.80. The van der Waals surface area contributed by atoms with E-state index in [1.54, 1.807) is 0 Å². The maximum absolute atomic E-state index is 11.0. The van der Waals surface area contributed by atoms with Crippen molar-refractivity contribution in [1.82, 2.24) is 14.1 Å². The molecule has 0 radical (unpaired) electrons. The summed E-state index contributed by atoms with van der Waals surface area (Å²) >= 11 is 0. The molecule has 0 aliphatic carbocycles. The Labute approximate surface area is 71.9 Å². The number of hydrogen-bond acceptors (Lipinski definition) is 4. The third-order valence-corrected chi connectivity index (χ3v) is 3.19. The molecule has 0 unspecified atom stereocenters. The van der Waals surface area contributed by atoms with Gasteiger partial charge in [-0.2, -0.15) is 12.7 Å². The van der Waals surface area contributed by atoms with Crippen molar-refractivity contribution in [2.45, 2.75) is 0 Å². The van der Waals surface area contributed by atoms with Gasteiger partial charge in [0.25, 0.3) is 0 Å². The summed E-state index contributed by atoms with van der Waals surface area (Å²) in [4.78, 5) is 3.34. The van der Waals surface area contributed by atoms with Crippen LogP contribution in [0.2, 0.25) is 0 Å². The van der Waals surface area contributed by atoms with E-state index in [0.717, 1.165) is 0 Å². The van der Waals surface area contributed by atoms with Crippen molar-refractivity contribution in [2.75, 3.05) is 33.2 Å². The molecule has 72 valence electrons. The highest BCUT2D eigenvalue weighted by molar-refractivity contribution is 7.86. The van der Waals surface area contributed by atoms with Gasteiger partial charge in [0.1, 0.15) is 0 Å². The normalized spacial score (nSPS) is 22.8. The quantitative estimate of drug-likeness (QED) is 0.524. The number of nitrogens with one attached hydrogen (secondary N) is 1. The van der Waals surface area contributed by atoms with Gasteiger partial charge in [0.05, 0.1) is 0 Å².